The molecule has 0 atom stereocenters. The number of nitrogens with zero attached hydrogens (tertiary/aromatic N) is 1. The number of benzene rings is 1. The van der Waals surface area contributed by atoms with Gasteiger partial charge in [0.15, 0.2) is 6.54 Å². The van der Waals surface area contributed by atoms with E-state index in [0.717, 1.165) is 4.90 Å². The van der Waals surface area contributed by atoms with E-state index in [9.17, 15) is 13.2 Å². The van der Waals surface area contributed by atoms with Gasteiger partial charge >= 0.3 is 0 Å². The fourth-order valence-corrected chi connectivity index (χ4v) is 4.89. The molecule has 1 aromatic carbocycles. The molecule has 160 valence electrons. The topological polar surface area (TPSA) is 80.2 Å². The molecule has 0 aliphatic carbocycles. The molecule has 0 saturated carbocycles. The number of amides is 1. The summed E-state index contributed by atoms with van der Waals surface area (Å²) in [6.45, 7) is 8.52. The number of piperazine rings is 1. The van der Waals surface area contributed by atoms with E-state index in [1.54, 1.807) is 24.3 Å². The molecule has 0 aromatic heterocycles. The minimum Gasteiger partial charge on any atom is -0.494 e. The molecular formula is C21H32N3O4S+. The van der Waals surface area contributed by atoms with Crippen LogP contribution >= 0.6 is 0 Å². The van der Waals surface area contributed by atoms with Crippen molar-refractivity contribution in [2.24, 2.45) is 0 Å². The molecule has 2 rings (SSSR count). The second-order valence-corrected chi connectivity index (χ2v) is 9.15. The minimum atomic E-state index is -3.55. The third-order valence-electron chi connectivity index (χ3n) is 5.47. The molecule has 1 heterocycles. The summed E-state index contributed by atoms with van der Waals surface area (Å²) in [4.78, 5) is 13.7. The fraction of sp³-hybridized carbons (Fsp3) is 0.571. The van der Waals surface area contributed by atoms with Gasteiger partial charge in [-0.2, -0.15) is 4.31 Å². The number of rotatable bonds is 9. The van der Waals surface area contributed by atoms with Gasteiger partial charge in [0.25, 0.3) is 5.91 Å². The Morgan fingerprint density at radius 3 is 2.28 bits per heavy atom. The molecule has 1 aromatic rings. The molecule has 0 radical (unpaired) electrons. The van der Waals surface area contributed by atoms with E-state index in [-0.39, 0.29) is 10.8 Å². The largest absolute Gasteiger partial charge is 0.494 e. The number of carbonyl (C=O) groups excluding carboxylic acids is 1. The quantitative estimate of drug-likeness (QED) is 0.561. The smallest absolute Gasteiger partial charge is 0.276 e. The summed E-state index contributed by atoms with van der Waals surface area (Å²) in [5.41, 5.74) is -0.602. The van der Waals surface area contributed by atoms with Crippen LogP contribution in [0.2, 0.25) is 0 Å². The number of nitrogens with one attached hydrogen (secondary N) is 2. The predicted molar refractivity (Wildman–Crippen MR) is 112 cm³/mol. The number of terminal acetylenes is 1. The molecule has 1 saturated heterocycles. The molecule has 1 aliphatic heterocycles. The van der Waals surface area contributed by atoms with Gasteiger partial charge in [0.05, 0.1) is 37.7 Å². The van der Waals surface area contributed by atoms with E-state index in [4.69, 9.17) is 11.2 Å². The number of sulfonamides is 1. The first-order valence-corrected chi connectivity index (χ1v) is 11.6. The Morgan fingerprint density at radius 1 is 1.21 bits per heavy atom. The number of carbonyl (C=O) groups is 1. The molecule has 0 unspecified atom stereocenters. The van der Waals surface area contributed by atoms with E-state index in [1.165, 1.54) is 4.31 Å². The molecule has 7 nitrogen and oxygen atoms in total. The van der Waals surface area contributed by atoms with Crippen LogP contribution in [0, 0.1) is 12.3 Å². The number of hydrogen-bond acceptors (Lipinski definition) is 4. The van der Waals surface area contributed by atoms with Gasteiger partial charge in [0, 0.05) is 0 Å². The lowest BCUT2D eigenvalue weighted by Gasteiger charge is -2.32. The average molecular weight is 423 g/mol. The lowest BCUT2D eigenvalue weighted by Crippen LogP contribution is -3.16. The van der Waals surface area contributed by atoms with Crippen molar-refractivity contribution >= 4 is 15.9 Å². The van der Waals surface area contributed by atoms with Gasteiger partial charge in [-0.15, -0.1) is 6.42 Å². The summed E-state index contributed by atoms with van der Waals surface area (Å²) >= 11 is 0. The van der Waals surface area contributed by atoms with Crippen LogP contribution in [0.15, 0.2) is 29.2 Å². The van der Waals surface area contributed by atoms with Gasteiger partial charge in [-0.1, -0.05) is 19.8 Å². The molecule has 1 aliphatic rings. The Kier molecular flexibility index (Phi) is 8.08. The summed E-state index contributed by atoms with van der Waals surface area (Å²) in [5.74, 6) is 3.26. The summed E-state index contributed by atoms with van der Waals surface area (Å²) < 4.78 is 32.6. The summed E-state index contributed by atoms with van der Waals surface area (Å²) in [5, 5.41) is 2.97. The van der Waals surface area contributed by atoms with E-state index in [1.807, 2.05) is 20.8 Å². The van der Waals surface area contributed by atoms with E-state index in [0.29, 0.717) is 57.9 Å². The van der Waals surface area contributed by atoms with Gasteiger partial charge in [-0.25, -0.2) is 8.42 Å². The van der Waals surface area contributed by atoms with Crippen molar-refractivity contribution in [1.82, 2.24) is 9.62 Å². The van der Waals surface area contributed by atoms with Crippen LogP contribution in [0.5, 0.6) is 5.75 Å². The molecule has 0 spiro atoms. The molecule has 8 heteroatoms. The highest BCUT2D eigenvalue weighted by Crippen LogP contribution is 2.19. The third kappa shape index (κ3) is 5.72. The molecular weight excluding hydrogens is 390 g/mol. The third-order valence-corrected chi connectivity index (χ3v) is 7.39. The monoisotopic (exact) mass is 422 g/mol. The van der Waals surface area contributed by atoms with Gasteiger partial charge < -0.3 is 15.0 Å². The summed E-state index contributed by atoms with van der Waals surface area (Å²) in [6.07, 6.45) is 6.96. The van der Waals surface area contributed by atoms with E-state index >= 15 is 0 Å². The number of ether oxygens (including phenoxy) is 1. The lowest BCUT2D eigenvalue weighted by atomic mass is 9.94. The highest BCUT2D eigenvalue weighted by molar-refractivity contribution is 7.89. The Labute approximate surface area is 174 Å². The SMILES string of the molecule is C#CC(CC)(CC)NC(=O)C[NH+]1CCN(S(=O)(=O)c2ccc(OCC)cc2)CC1. The minimum absolute atomic E-state index is 0.0931. The molecule has 2 N–H and O–H groups in total. The van der Waals surface area contributed by atoms with Crippen LogP contribution in [-0.2, 0) is 14.8 Å². The maximum Gasteiger partial charge on any atom is 0.276 e. The second kappa shape index (κ2) is 10.1. The normalized spacial score (nSPS) is 16.2. The van der Waals surface area contributed by atoms with Crippen LogP contribution in [0.25, 0.3) is 0 Å². The van der Waals surface area contributed by atoms with Crippen molar-refractivity contribution in [1.29, 1.82) is 0 Å². The van der Waals surface area contributed by atoms with Gasteiger partial charge in [-0.05, 0) is 44.0 Å². The Bertz CT molecular complexity index is 818. The van der Waals surface area contributed by atoms with Crippen LogP contribution < -0.4 is 15.0 Å². The molecule has 1 fully saturated rings. The zero-order valence-corrected chi connectivity index (χ0v) is 18.3. The Balaban J connectivity index is 1.92. The fourth-order valence-electron chi connectivity index (χ4n) is 3.45. The van der Waals surface area contributed by atoms with E-state index in [2.05, 4.69) is 11.2 Å². The van der Waals surface area contributed by atoms with Gasteiger partial charge in [-0.3, -0.25) is 4.79 Å². The van der Waals surface area contributed by atoms with Crippen LogP contribution in [-0.4, -0.2) is 63.5 Å². The first kappa shape index (κ1) is 23.2. The van der Waals surface area contributed by atoms with Crippen LogP contribution in [0.1, 0.15) is 33.6 Å². The van der Waals surface area contributed by atoms with Crippen molar-refractivity contribution in [3.63, 3.8) is 0 Å². The van der Waals surface area contributed by atoms with Gasteiger partial charge in [0.1, 0.15) is 11.3 Å². The highest BCUT2D eigenvalue weighted by Gasteiger charge is 2.32. The van der Waals surface area contributed by atoms with Gasteiger partial charge in [0.2, 0.25) is 10.0 Å². The second-order valence-electron chi connectivity index (χ2n) is 7.22. The lowest BCUT2D eigenvalue weighted by molar-refractivity contribution is -0.895. The first-order valence-electron chi connectivity index (χ1n) is 10.2. The van der Waals surface area contributed by atoms with Crippen molar-refractivity contribution in [3.05, 3.63) is 24.3 Å². The highest BCUT2D eigenvalue weighted by atomic mass is 32.2. The summed E-state index contributed by atoms with van der Waals surface area (Å²) in [7, 11) is -3.55. The Morgan fingerprint density at radius 2 is 1.79 bits per heavy atom. The van der Waals surface area contributed by atoms with Crippen molar-refractivity contribution < 1.29 is 22.8 Å². The first-order chi connectivity index (χ1) is 13.8. The molecule has 1 amide bonds. The Hall–Kier alpha value is -2.08. The average Bonchev–Trinajstić information content (AvgIpc) is 2.73. The molecule has 0 bridgehead atoms. The zero-order valence-electron chi connectivity index (χ0n) is 17.5. The van der Waals surface area contributed by atoms with Crippen LogP contribution in [0.3, 0.4) is 0 Å². The number of quaternary nitrogens is 1. The zero-order chi connectivity index (χ0) is 21.5. The maximum atomic E-state index is 12.9. The van der Waals surface area contributed by atoms with Crippen molar-refractivity contribution in [3.8, 4) is 18.1 Å². The molecule has 29 heavy (non-hydrogen) atoms. The van der Waals surface area contributed by atoms with Crippen LogP contribution in [0.4, 0.5) is 0 Å². The number of hydrogen-bond donors (Lipinski definition) is 2. The standard InChI is InChI=1S/C21H31N3O4S/c1-5-21(6-2,7-3)22-20(25)17-23-13-15-24(16-14-23)29(26,27)19-11-9-18(10-12-19)28-8-4/h1,9-12H,6-8,13-17H2,2-4H3,(H,22,25)/p+1. The summed E-state index contributed by atoms with van der Waals surface area (Å²) in [6, 6.07) is 6.48. The van der Waals surface area contributed by atoms with Crippen molar-refractivity contribution in [2.75, 3.05) is 39.3 Å². The predicted octanol–water partition coefficient (Wildman–Crippen LogP) is 0.283. The maximum absolute atomic E-state index is 12.9. The van der Waals surface area contributed by atoms with Crippen molar-refractivity contribution in [2.45, 2.75) is 44.0 Å². The van der Waals surface area contributed by atoms with E-state index < -0.39 is 15.6 Å².